The van der Waals surface area contributed by atoms with E-state index in [9.17, 15) is 19.8 Å². The van der Waals surface area contributed by atoms with Gasteiger partial charge in [0.05, 0.1) is 54.1 Å². The van der Waals surface area contributed by atoms with Crippen LogP contribution < -0.4 is 15.7 Å². The molecular weight excluding hydrogens is 701 g/mol. The molecule has 0 radical (unpaired) electrons. The predicted octanol–water partition coefficient (Wildman–Crippen LogP) is 6.82. The van der Waals surface area contributed by atoms with Crippen molar-refractivity contribution in [1.29, 1.82) is 0 Å². The number of aromatic nitrogens is 1. The van der Waals surface area contributed by atoms with Crippen molar-refractivity contribution in [3.8, 4) is 0 Å². The molecular formula is C43H60N2O6SSi. The Morgan fingerprint density at radius 1 is 1.04 bits per heavy atom. The number of ketones is 1. The molecule has 1 unspecified atom stereocenters. The molecule has 10 heteroatoms. The molecule has 2 aliphatic heterocycles. The van der Waals surface area contributed by atoms with Crippen molar-refractivity contribution in [3.05, 3.63) is 82.3 Å². The highest BCUT2D eigenvalue weighted by molar-refractivity contribution is 7.09. The van der Waals surface area contributed by atoms with Crippen molar-refractivity contribution in [2.24, 2.45) is 17.3 Å². The summed E-state index contributed by atoms with van der Waals surface area (Å²) in [6.45, 7) is 18.3. The lowest BCUT2D eigenvalue weighted by molar-refractivity contribution is -0.143. The molecule has 0 saturated carbocycles. The monoisotopic (exact) mass is 760 g/mol. The minimum atomic E-state index is -2.73. The van der Waals surface area contributed by atoms with Crippen LogP contribution in [0.1, 0.15) is 105 Å². The molecule has 288 valence electrons. The number of epoxide rings is 1. The van der Waals surface area contributed by atoms with E-state index in [0.717, 1.165) is 35.5 Å². The first-order valence-electron chi connectivity index (χ1n) is 19.1. The molecule has 8 nitrogen and oxygen atoms in total. The van der Waals surface area contributed by atoms with Gasteiger partial charge in [0.2, 0.25) is 5.91 Å². The predicted molar refractivity (Wildman–Crippen MR) is 216 cm³/mol. The van der Waals surface area contributed by atoms with E-state index in [2.05, 4.69) is 81.5 Å². The fourth-order valence-corrected chi connectivity index (χ4v) is 13.4. The summed E-state index contributed by atoms with van der Waals surface area (Å²) in [6.07, 6.45) is 2.71. The molecule has 0 spiro atoms. The zero-order valence-electron chi connectivity index (χ0n) is 33.0. The smallest absolute Gasteiger partial charge is 0.261 e. The number of ether oxygens (including phenoxy) is 1. The molecule has 2 saturated heterocycles. The topological polar surface area (TPSA) is 121 Å². The van der Waals surface area contributed by atoms with Crippen LogP contribution in [0.3, 0.4) is 0 Å². The molecule has 1 amide bonds. The Hall–Kier alpha value is -2.99. The molecule has 2 aliphatic rings. The van der Waals surface area contributed by atoms with Crippen LogP contribution in [0.25, 0.3) is 6.08 Å². The van der Waals surface area contributed by atoms with Crippen LogP contribution in [0.15, 0.2) is 71.6 Å². The number of benzene rings is 2. The number of amides is 1. The summed E-state index contributed by atoms with van der Waals surface area (Å²) >= 11 is 1.56. The molecule has 7 atom stereocenters. The van der Waals surface area contributed by atoms with Gasteiger partial charge < -0.3 is 24.7 Å². The van der Waals surface area contributed by atoms with Crippen LogP contribution >= 0.6 is 11.3 Å². The number of fused-ring (bicyclic) bond motifs is 1. The third kappa shape index (κ3) is 9.11. The van der Waals surface area contributed by atoms with Crippen molar-refractivity contribution in [2.75, 3.05) is 0 Å². The quantitative estimate of drug-likeness (QED) is 0.179. The van der Waals surface area contributed by atoms with Crippen molar-refractivity contribution in [2.45, 2.75) is 136 Å². The van der Waals surface area contributed by atoms with E-state index in [1.165, 1.54) is 10.4 Å². The Balaban J connectivity index is 1.37. The molecule has 2 fully saturated rings. The van der Waals surface area contributed by atoms with Gasteiger partial charge >= 0.3 is 0 Å². The fraction of sp³-hybridized carbons (Fsp3) is 0.558. The summed E-state index contributed by atoms with van der Waals surface area (Å²) in [6, 6.07) is 20.8. The molecule has 1 aromatic heterocycles. The number of hydrogen-bond donors (Lipinski definition) is 3. The highest BCUT2D eigenvalue weighted by atomic mass is 32.1. The zero-order chi connectivity index (χ0) is 38.8. The first-order valence-corrected chi connectivity index (χ1v) is 21.9. The number of rotatable bonds is 7. The van der Waals surface area contributed by atoms with Crippen LogP contribution in [-0.2, 0) is 25.4 Å². The normalized spacial score (nSPS) is 29.3. The number of aliphatic hydroxyl groups excluding tert-OH is 2. The van der Waals surface area contributed by atoms with Crippen LogP contribution in [0.2, 0.25) is 5.04 Å². The minimum absolute atomic E-state index is 0.0444. The maximum Gasteiger partial charge on any atom is 0.261 e. The Morgan fingerprint density at radius 2 is 1.64 bits per heavy atom. The lowest BCUT2D eigenvalue weighted by atomic mass is 9.72. The van der Waals surface area contributed by atoms with Gasteiger partial charge in [-0.3, -0.25) is 9.59 Å². The summed E-state index contributed by atoms with van der Waals surface area (Å²) in [5.41, 5.74) is 0.195. The van der Waals surface area contributed by atoms with Gasteiger partial charge in [0, 0.05) is 17.7 Å². The molecule has 53 heavy (non-hydrogen) atoms. The van der Waals surface area contributed by atoms with Gasteiger partial charge in [0.1, 0.15) is 10.8 Å². The Kier molecular flexibility index (Phi) is 12.7. The lowest BCUT2D eigenvalue weighted by Gasteiger charge is -2.42. The standard InChI is InChI=1S/C43H60N2O6SSi/c1-28-17-16-22-43(9)36(51-43)24-34(45-37(47)25-35(46)42(7,8)40(49)30(3)39(28)48)29(2)23-31-27-52-38(44-31)26-50-53(41(4,5)6,32-18-12-10-13-19-32)33-20-14-11-15-21-33/h10-15,18-21,23,27-28,30,34-36,39,46,48H,16-17,22,24-26H2,1-9H3,(H,45,47)/t28-,30+,34-,35-,36-,39-,43?/m0/s1. The number of aliphatic hydroxyl groups is 2. The lowest BCUT2D eigenvalue weighted by Crippen LogP contribution is -2.66. The van der Waals surface area contributed by atoms with Gasteiger partial charge in [-0.25, -0.2) is 4.98 Å². The summed E-state index contributed by atoms with van der Waals surface area (Å²) in [7, 11) is -2.73. The molecule has 3 heterocycles. The van der Waals surface area contributed by atoms with Crippen molar-refractivity contribution in [1.82, 2.24) is 10.3 Å². The third-order valence-corrected chi connectivity index (χ3v) is 17.7. The van der Waals surface area contributed by atoms with Gasteiger partial charge in [-0.05, 0) is 59.7 Å². The maximum atomic E-state index is 13.5. The fourth-order valence-electron chi connectivity index (χ4n) is 8.13. The van der Waals surface area contributed by atoms with E-state index in [1.807, 2.05) is 37.4 Å². The SMILES string of the molecule is CC(=Cc1csc(CO[Si](c2ccccc2)(c2ccccc2)C(C)(C)C)n1)[C@@H]1C[C@@H]2OC2(C)CCC[C@H](C)[C@H](O)[C@@H](C)C(=O)C(C)(C)[C@@H](O)CC(=O)N1. The second-order valence-corrected chi connectivity index (χ2v) is 22.5. The average molecular weight is 761 g/mol. The number of hydrogen-bond acceptors (Lipinski definition) is 8. The van der Waals surface area contributed by atoms with Gasteiger partial charge in [0.15, 0.2) is 0 Å². The highest BCUT2D eigenvalue weighted by Gasteiger charge is 2.53. The molecule has 2 aromatic carbocycles. The van der Waals surface area contributed by atoms with E-state index in [-0.39, 0.29) is 46.8 Å². The van der Waals surface area contributed by atoms with E-state index in [0.29, 0.717) is 13.0 Å². The van der Waals surface area contributed by atoms with Crippen molar-refractivity contribution >= 4 is 47.8 Å². The Labute approximate surface area is 321 Å². The number of Topliss-reactive ketones (excluding diaryl/α,β-unsaturated/α-hetero) is 1. The second kappa shape index (κ2) is 16.4. The summed E-state index contributed by atoms with van der Waals surface area (Å²) in [5.74, 6) is -1.34. The summed E-state index contributed by atoms with van der Waals surface area (Å²) < 4.78 is 13.4. The van der Waals surface area contributed by atoms with E-state index in [1.54, 1.807) is 32.1 Å². The molecule has 3 N–H and O–H groups in total. The number of nitrogens with one attached hydrogen (secondary N) is 1. The van der Waals surface area contributed by atoms with Crippen molar-refractivity contribution in [3.63, 3.8) is 0 Å². The largest absolute Gasteiger partial charge is 0.401 e. The molecule has 0 aliphatic carbocycles. The molecule has 0 bridgehead atoms. The molecule has 5 rings (SSSR count). The number of thiazole rings is 1. The van der Waals surface area contributed by atoms with Gasteiger partial charge in [0.25, 0.3) is 8.32 Å². The first kappa shape index (κ1) is 41.2. The van der Waals surface area contributed by atoms with E-state index >= 15 is 0 Å². The molecule has 3 aromatic rings. The Bertz CT molecular complexity index is 1700. The first-order chi connectivity index (χ1) is 24.9. The number of carbonyl (C=O) groups is 2. The van der Waals surface area contributed by atoms with E-state index < -0.39 is 31.9 Å². The number of carbonyl (C=O) groups excluding carboxylic acids is 2. The van der Waals surface area contributed by atoms with Crippen LogP contribution in [0.5, 0.6) is 0 Å². The van der Waals surface area contributed by atoms with Crippen LogP contribution in [-0.4, -0.2) is 65.2 Å². The van der Waals surface area contributed by atoms with Crippen molar-refractivity contribution < 1.29 is 29.0 Å². The summed E-state index contributed by atoms with van der Waals surface area (Å²) in [5, 5.41) is 30.6. The van der Waals surface area contributed by atoms with E-state index in [4.69, 9.17) is 14.1 Å². The van der Waals surface area contributed by atoms with Gasteiger partial charge in [-0.2, -0.15) is 0 Å². The van der Waals surface area contributed by atoms with Gasteiger partial charge in [-0.1, -0.05) is 116 Å². The second-order valence-electron chi connectivity index (χ2n) is 17.2. The highest BCUT2D eigenvalue weighted by Crippen LogP contribution is 2.45. The minimum Gasteiger partial charge on any atom is -0.401 e. The number of nitrogens with zero attached hydrogens (tertiary/aromatic N) is 1. The summed E-state index contributed by atoms with van der Waals surface area (Å²) in [4.78, 5) is 32.0. The zero-order valence-corrected chi connectivity index (χ0v) is 34.8. The van der Waals surface area contributed by atoms with Crippen LogP contribution in [0.4, 0.5) is 0 Å². The maximum absolute atomic E-state index is 13.5. The third-order valence-electron chi connectivity index (χ3n) is 11.8. The average Bonchev–Trinajstić information content (AvgIpc) is 3.52. The Morgan fingerprint density at radius 3 is 2.23 bits per heavy atom. The van der Waals surface area contributed by atoms with Gasteiger partial charge in [-0.15, -0.1) is 11.3 Å². The van der Waals surface area contributed by atoms with Crippen LogP contribution in [0, 0.1) is 17.3 Å².